The number of pyridine rings is 1. The van der Waals surface area contributed by atoms with Crippen LogP contribution >= 0.6 is 0 Å². The quantitative estimate of drug-likeness (QED) is 0.773. The first kappa shape index (κ1) is 18.2. The number of aromatic nitrogens is 1. The molecule has 2 bridgehead atoms. The van der Waals surface area contributed by atoms with Crippen molar-refractivity contribution in [1.82, 2.24) is 15.2 Å². The molecule has 3 aliphatic rings. The maximum Gasteiger partial charge on any atom is 0.404 e. The predicted octanol–water partition coefficient (Wildman–Crippen LogP) is 2.52. The Morgan fingerprint density at radius 2 is 1.81 bits per heavy atom. The third-order valence-electron chi connectivity index (χ3n) is 6.21. The summed E-state index contributed by atoms with van der Waals surface area (Å²) in [4.78, 5) is 32.6. The summed E-state index contributed by atoms with van der Waals surface area (Å²) in [6.45, 7) is 2.51. The van der Waals surface area contributed by atoms with E-state index in [0.29, 0.717) is 24.2 Å². The van der Waals surface area contributed by atoms with E-state index in [9.17, 15) is 9.59 Å². The molecule has 146 valence electrons. The molecule has 1 aromatic rings. The van der Waals surface area contributed by atoms with Crippen LogP contribution in [0.4, 0.5) is 10.6 Å². The topological polar surface area (TPSA) is 85.8 Å². The van der Waals surface area contributed by atoms with Gasteiger partial charge >= 0.3 is 6.09 Å². The molecule has 4 heterocycles. The highest BCUT2D eigenvalue weighted by atomic mass is 16.4. The van der Waals surface area contributed by atoms with Gasteiger partial charge in [0.1, 0.15) is 5.82 Å². The van der Waals surface area contributed by atoms with Crippen molar-refractivity contribution in [3.8, 4) is 0 Å². The molecule has 27 heavy (non-hydrogen) atoms. The van der Waals surface area contributed by atoms with Gasteiger partial charge in [0.05, 0.1) is 6.54 Å². The van der Waals surface area contributed by atoms with Crippen molar-refractivity contribution in [2.75, 3.05) is 24.5 Å². The van der Waals surface area contributed by atoms with Crippen molar-refractivity contribution in [2.24, 2.45) is 0 Å². The molecule has 2 atom stereocenters. The van der Waals surface area contributed by atoms with Gasteiger partial charge in [0.25, 0.3) is 0 Å². The molecule has 2 N–H and O–H groups in total. The Kier molecular flexibility index (Phi) is 5.29. The number of carboxylic acid groups (broad SMARTS) is 1. The van der Waals surface area contributed by atoms with Gasteiger partial charge in [0, 0.05) is 29.9 Å². The average Bonchev–Trinajstić information content (AvgIpc) is 2.93. The lowest BCUT2D eigenvalue weighted by Crippen LogP contribution is -2.50. The van der Waals surface area contributed by atoms with Gasteiger partial charge in [-0.3, -0.25) is 9.69 Å². The number of Topliss-reactive ketones (excluding diaryl/α,β-unsaturated/α-hetero) is 1. The van der Waals surface area contributed by atoms with Crippen molar-refractivity contribution in [2.45, 2.75) is 63.1 Å². The van der Waals surface area contributed by atoms with E-state index in [-0.39, 0.29) is 11.8 Å². The lowest BCUT2D eigenvalue weighted by molar-refractivity contribution is 0.0915. The number of hydrogen-bond donors (Lipinski definition) is 2. The minimum absolute atomic E-state index is 0.0293. The van der Waals surface area contributed by atoms with E-state index in [4.69, 9.17) is 5.11 Å². The molecule has 4 rings (SSSR count). The minimum atomic E-state index is -0.942. The van der Waals surface area contributed by atoms with E-state index in [2.05, 4.69) is 20.1 Å². The van der Waals surface area contributed by atoms with E-state index in [1.54, 1.807) is 6.20 Å². The van der Waals surface area contributed by atoms with Crippen LogP contribution in [-0.2, 0) is 0 Å². The van der Waals surface area contributed by atoms with Crippen molar-refractivity contribution in [1.29, 1.82) is 0 Å². The van der Waals surface area contributed by atoms with Crippen LogP contribution in [0.25, 0.3) is 0 Å². The Morgan fingerprint density at radius 3 is 2.41 bits per heavy atom. The van der Waals surface area contributed by atoms with Gasteiger partial charge in [0.2, 0.25) is 0 Å². The van der Waals surface area contributed by atoms with Gasteiger partial charge in [-0.2, -0.15) is 0 Å². The number of nitrogens with one attached hydrogen (secondary N) is 1. The Balaban J connectivity index is 1.39. The summed E-state index contributed by atoms with van der Waals surface area (Å²) >= 11 is 0. The maximum atomic E-state index is 12.5. The molecule has 0 saturated carbocycles. The molecule has 7 nitrogen and oxygen atoms in total. The molecule has 3 aliphatic heterocycles. The summed E-state index contributed by atoms with van der Waals surface area (Å²) < 4.78 is 0. The van der Waals surface area contributed by atoms with E-state index in [1.165, 1.54) is 19.3 Å². The second-order valence-electron chi connectivity index (χ2n) is 8.08. The third kappa shape index (κ3) is 4.08. The smallest absolute Gasteiger partial charge is 0.404 e. The third-order valence-corrected chi connectivity index (χ3v) is 6.21. The zero-order valence-corrected chi connectivity index (χ0v) is 15.6. The fourth-order valence-electron chi connectivity index (χ4n) is 4.96. The summed E-state index contributed by atoms with van der Waals surface area (Å²) in [5.74, 6) is 1.05. The van der Waals surface area contributed by atoms with E-state index in [0.717, 1.165) is 44.6 Å². The molecule has 1 aromatic heterocycles. The van der Waals surface area contributed by atoms with Crippen molar-refractivity contribution < 1.29 is 14.7 Å². The Morgan fingerprint density at radius 1 is 1.11 bits per heavy atom. The normalized spacial score (nSPS) is 28.1. The van der Waals surface area contributed by atoms with Crippen LogP contribution in [0.1, 0.15) is 55.3 Å². The van der Waals surface area contributed by atoms with Crippen LogP contribution in [0, 0.1) is 0 Å². The number of amides is 1. The fraction of sp³-hybridized carbons (Fsp3) is 0.650. The Hall–Kier alpha value is -2.15. The van der Waals surface area contributed by atoms with Crippen molar-refractivity contribution >= 4 is 17.7 Å². The zero-order valence-electron chi connectivity index (χ0n) is 15.6. The predicted molar refractivity (Wildman–Crippen MR) is 102 cm³/mol. The molecule has 1 amide bonds. The van der Waals surface area contributed by atoms with Crippen molar-refractivity contribution in [3.63, 3.8) is 0 Å². The molecular weight excluding hydrogens is 344 g/mol. The zero-order chi connectivity index (χ0) is 18.8. The van der Waals surface area contributed by atoms with Gasteiger partial charge in [-0.05, 0) is 63.7 Å². The summed E-state index contributed by atoms with van der Waals surface area (Å²) in [5.41, 5.74) is 0.680. The van der Waals surface area contributed by atoms with Crippen LogP contribution < -0.4 is 10.2 Å². The number of rotatable bonds is 5. The lowest BCUT2D eigenvalue weighted by Gasteiger charge is -2.39. The molecule has 0 aromatic carbocycles. The molecule has 0 spiro atoms. The molecule has 7 heteroatoms. The number of fused-ring (bicyclic) bond motifs is 2. The van der Waals surface area contributed by atoms with Gasteiger partial charge < -0.3 is 15.3 Å². The first-order chi connectivity index (χ1) is 13.1. The molecule has 2 unspecified atom stereocenters. The minimum Gasteiger partial charge on any atom is -0.465 e. The SMILES string of the molecule is O=C(O)NC1CC2CCC(C1)N2c1ccc(C(=O)CN2CCCCC2)cn1. The number of carbonyl (C=O) groups is 2. The largest absolute Gasteiger partial charge is 0.465 e. The molecular formula is C20H28N4O3. The standard InChI is InChI=1S/C20H28N4O3/c25-18(13-23-8-2-1-3-9-23)14-4-7-19(21-12-14)24-16-5-6-17(24)11-15(10-16)22-20(26)27/h4,7,12,15-17,22H,1-3,5-6,8-11,13H2,(H,26,27). The fourth-order valence-corrected chi connectivity index (χ4v) is 4.96. The summed E-state index contributed by atoms with van der Waals surface area (Å²) in [6, 6.07) is 4.53. The number of likely N-dealkylation sites (tertiary alicyclic amines) is 1. The van der Waals surface area contributed by atoms with Crippen LogP contribution in [0.5, 0.6) is 0 Å². The summed E-state index contributed by atoms with van der Waals surface area (Å²) in [5, 5.41) is 11.6. The number of piperidine rings is 2. The van der Waals surface area contributed by atoms with E-state index < -0.39 is 6.09 Å². The number of hydrogen-bond acceptors (Lipinski definition) is 5. The lowest BCUT2D eigenvalue weighted by atomic mass is 9.97. The highest BCUT2D eigenvalue weighted by molar-refractivity contribution is 5.97. The number of anilines is 1. The van der Waals surface area contributed by atoms with E-state index >= 15 is 0 Å². The van der Waals surface area contributed by atoms with Crippen LogP contribution in [0.3, 0.4) is 0 Å². The maximum absolute atomic E-state index is 12.5. The van der Waals surface area contributed by atoms with Crippen LogP contribution in [0.2, 0.25) is 0 Å². The van der Waals surface area contributed by atoms with Gasteiger partial charge in [0.15, 0.2) is 5.78 Å². The molecule has 3 saturated heterocycles. The second kappa shape index (κ2) is 7.84. The average molecular weight is 372 g/mol. The highest BCUT2D eigenvalue weighted by Gasteiger charge is 2.41. The first-order valence-corrected chi connectivity index (χ1v) is 10.1. The molecule has 0 aliphatic carbocycles. The number of ketones is 1. The number of carbonyl (C=O) groups excluding carboxylic acids is 1. The Bertz CT molecular complexity index is 673. The molecule has 3 fully saturated rings. The van der Waals surface area contributed by atoms with Gasteiger partial charge in [-0.1, -0.05) is 6.42 Å². The van der Waals surface area contributed by atoms with Crippen molar-refractivity contribution in [3.05, 3.63) is 23.9 Å². The first-order valence-electron chi connectivity index (χ1n) is 10.1. The van der Waals surface area contributed by atoms with Gasteiger partial charge in [-0.25, -0.2) is 9.78 Å². The van der Waals surface area contributed by atoms with E-state index in [1.807, 2.05) is 12.1 Å². The monoisotopic (exact) mass is 372 g/mol. The highest BCUT2D eigenvalue weighted by Crippen LogP contribution is 2.38. The van der Waals surface area contributed by atoms with Crippen LogP contribution in [0.15, 0.2) is 18.3 Å². The second-order valence-corrected chi connectivity index (χ2v) is 8.08. The molecule has 0 radical (unpaired) electrons. The number of nitrogens with zero attached hydrogens (tertiary/aromatic N) is 3. The van der Waals surface area contributed by atoms with Crippen LogP contribution in [-0.4, -0.2) is 64.6 Å². The Labute approximate surface area is 159 Å². The summed E-state index contributed by atoms with van der Waals surface area (Å²) in [7, 11) is 0. The summed E-state index contributed by atoms with van der Waals surface area (Å²) in [6.07, 6.45) is 8.17. The van der Waals surface area contributed by atoms with Gasteiger partial charge in [-0.15, -0.1) is 0 Å².